The molecule has 2 aromatic heterocycles. The van der Waals surface area contributed by atoms with E-state index in [2.05, 4.69) is 26.2 Å². The third-order valence-electron chi connectivity index (χ3n) is 3.63. The highest BCUT2D eigenvalue weighted by molar-refractivity contribution is 9.10. The first-order valence-electron chi connectivity index (χ1n) is 6.99. The van der Waals surface area contributed by atoms with E-state index >= 15 is 0 Å². The summed E-state index contributed by atoms with van der Waals surface area (Å²) in [6.45, 7) is 1.68. The van der Waals surface area contributed by atoms with Gasteiger partial charge in [0.05, 0.1) is 27.2 Å². The molecule has 0 spiro atoms. The van der Waals surface area contributed by atoms with E-state index in [-0.39, 0.29) is 16.9 Å². The van der Waals surface area contributed by atoms with Gasteiger partial charge < -0.3 is 9.88 Å². The summed E-state index contributed by atoms with van der Waals surface area (Å²) in [6, 6.07) is 4.09. The zero-order valence-corrected chi connectivity index (χ0v) is 15.5. The second-order valence-corrected chi connectivity index (χ2v) is 7.13. The number of benzene rings is 1. The highest BCUT2D eigenvalue weighted by atomic mass is 79.9. The van der Waals surface area contributed by atoms with Crippen molar-refractivity contribution >= 4 is 54.8 Å². The van der Waals surface area contributed by atoms with Crippen LogP contribution in [0.2, 0.25) is 0 Å². The van der Waals surface area contributed by atoms with Gasteiger partial charge in [0.15, 0.2) is 0 Å². The van der Waals surface area contributed by atoms with Gasteiger partial charge >= 0.3 is 0 Å². The molecule has 1 N–H and O–H groups in total. The predicted octanol–water partition coefficient (Wildman–Crippen LogP) is 3.23. The number of hydrogen-bond donors (Lipinski definition) is 1. The van der Waals surface area contributed by atoms with Crippen LogP contribution in [0, 0.1) is 17.0 Å². The van der Waals surface area contributed by atoms with E-state index in [9.17, 15) is 19.7 Å². The molecule has 10 heteroatoms. The molecule has 0 aliphatic heterocycles. The first-order chi connectivity index (χ1) is 11.8. The van der Waals surface area contributed by atoms with Crippen molar-refractivity contribution in [3.05, 3.63) is 59.9 Å². The third-order valence-corrected chi connectivity index (χ3v) is 5.52. The van der Waals surface area contributed by atoms with Crippen LogP contribution in [-0.2, 0) is 7.05 Å². The van der Waals surface area contributed by atoms with Crippen LogP contribution < -0.4 is 10.9 Å². The molecular weight excluding hydrogens is 412 g/mol. The molecule has 0 bridgehead atoms. The number of halogens is 1. The van der Waals surface area contributed by atoms with Gasteiger partial charge in [-0.2, -0.15) is 0 Å². The number of hydrogen-bond acceptors (Lipinski definition) is 6. The van der Waals surface area contributed by atoms with E-state index in [0.29, 0.717) is 25.1 Å². The van der Waals surface area contributed by atoms with Gasteiger partial charge in [-0.3, -0.25) is 19.7 Å². The van der Waals surface area contributed by atoms with Crippen LogP contribution in [0.5, 0.6) is 0 Å². The minimum atomic E-state index is -0.541. The van der Waals surface area contributed by atoms with E-state index in [1.54, 1.807) is 14.0 Å². The first-order valence-corrected chi connectivity index (χ1v) is 8.60. The van der Waals surface area contributed by atoms with Crippen molar-refractivity contribution in [1.29, 1.82) is 0 Å². The summed E-state index contributed by atoms with van der Waals surface area (Å²) < 4.78 is 1.86. The van der Waals surface area contributed by atoms with E-state index in [1.807, 2.05) is 0 Å². The van der Waals surface area contributed by atoms with Crippen LogP contribution in [0.15, 0.2) is 33.8 Å². The molecule has 0 unspecified atom stereocenters. The molecule has 0 saturated heterocycles. The number of nitrogens with one attached hydrogen (secondary N) is 1. The number of rotatable bonds is 3. The molecule has 1 amide bonds. The van der Waals surface area contributed by atoms with Gasteiger partial charge in [-0.25, -0.2) is 4.98 Å². The molecule has 0 atom stereocenters. The molecule has 3 rings (SSSR count). The molecule has 0 aliphatic carbocycles. The van der Waals surface area contributed by atoms with Gasteiger partial charge in [0, 0.05) is 23.7 Å². The number of amides is 1. The predicted molar refractivity (Wildman–Crippen MR) is 98.3 cm³/mol. The highest BCUT2D eigenvalue weighted by Crippen LogP contribution is 2.30. The molecule has 0 aliphatic rings. The maximum atomic E-state index is 12.6. The van der Waals surface area contributed by atoms with Gasteiger partial charge in [0.1, 0.15) is 4.83 Å². The van der Waals surface area contributed by atoms with Crippen molar-refractivity contribution in [2.24, 2.45) is 7.05 Å². The van der Waals surface area contributed by atoms with E-state index in [1.165, 1.54) is 29.1 Å². The Morgan fingerprint density at radius 3 is 2.84 bits per heavy atom. The lowest BCUT2D eigenvalue weighted by atomic mass is 10.2. The Bertz CT molecular complexity index is 1090. The maximum Gasteiger partial charge on any atom is 0.271 e. The summed E-state index contributed by atoms with van der Waals surface area (Å²) in [7, 11) is 1.59. The average molecular weight is 423 g/mol. The Hall–Kier alpha value is -2.59. The zero-order valence-electron chi connectivity index (χ0n) is 13.1. The summed E-state index contributed by atoms with van der Waals surface area (Å²) in [4.78, 5) is 40.2. The van der Waals surface area contributed by atoms with Gasteiger partial charge in [0.2, 0.25) is 0 Å². The van der Waals surface area contributed by atoms with E-state index < -0.39 is 10.8 Å². The van der Waals surface area contributed by atoms with Crippen LogP contribution in [0.25, 0.3) is 10.2 Å². The number of carbonyl (C=O) groups excluding carboxylic acids is 1. The van der Waals surface area contributed by atoms with Crippen LogP contribution in [0.1, 0.15) is 15.2 Å². The number of non-ortho nitro benzene ring substituents is 1. The molecule has 3 aromatic rings. The molecule has 1 aromatic carbocycles. The number of thiophene rings is 1. The van der Waals surface area contributed by atoms with Gasteiger partial charge in [-0.05, 0) is 34.5 Å². The smallest absolute Gasteiger partial charge is 0.271 e. The van der Waals surface area contributed by atoms with Crippen molar-refractivity contribution in [1.82, 2.24) is 9.55 Å². The Labute approximate surface area is 153 Å². The number of nitro benzene ring substituents is 1. The van der Waals surface area contributed by atoms with Crippen LogP contribution in [0.4, 0.5) is 11.4 Å². The Morgan fingerprint density at radius 2 is 2.16 bits per heavy atom. The maximum absolute atomic E-state index is 12.6. The van der Waals surface area contributed by atoms with Crippen LogP contribution in [0.3, 0.4) is 0 Å². The van der Waals surface area contributed by atoms with Gasteiger partial charge in [-0.1, -0.05) is 0 Å². The van der Waals surface area contributed by atoms with Crippen molar-refractivity contribution < 1.29 is 9.72 Å². The third kappa shape index (κ3) is 3.05. The Balaban J connectivity index is 2.03. The Kier molecular flexibility index (Phi) is 4.39. The largest absolute Gasteiger partial charge is 0.320 e. The van der Waals surface area contributed by atoms with Crippen LogP contribution in [-0.4, -0.2) is 20.4 Å². The number of anilines is 1. The normalized spacial score (nSPS) is 10.8. The first kappa shape index (κ1) is 17.2. The Morgan fingerprint density at radius 1 is 1.44 bits per heavy atom. The molecule has 25 heavy (non-hydrogen) atoms. The molecule has 2 heterocycles. The molecule has 0 saturated carbocycles. The van der Waals surface area contributed by atoms with Crippen molar-refractivity contribution in [3.8, 4) is 0 Å². The lowest BCUT2D eigenvalue weighted by Crippen LogP contribution is -2.17. The number of fused-ring (bicyclic) bond motifs is 1. The lowest BCUT2D eigenvalue weighted by Gasteiger charge is -2.06. The summed E-state index contributed by atoms with van der Waals surface area (Å²) in [5, 5.41) is 13.9. The highest BCUT2D eigenvalue weighted by Gasteiger charge is 2.20. The number of nitrogens with zero attached hydrogens (tertiary/aromatic N) is 3. The molecular formula is C15H11BrN4O4S. The lowest BCUT2D eigenvalue weighted by molar-refractivity contribution is -0.384. The fourth-order valence-corrected chi connectivity index (χ4v) is 3.71. The monoisotopic (exact) mass is 422 g/mol. The molecule has 0 fully saturated rings. The summed E-state index contributed by atoms with van der Waals surface area (Å²) in [5.74, 6) is -0.455. The van der Waals surface area contributed by atoms with Gasteiger partial charge in [0.25, 0.3) is 17.2 Å². The van der Waals surface area contributed by atoms with E-state index in [4.69, 9.17) is 0 Å². The molecule has 128 valence electrons. The van der Waals surface area contributed by atoms with Crippen LogP contribution >= 0.6 is 27.3 Å². The number of aromatic nitrogens is 2. The van der Waals surface area contributed by atoms with Crippen molar-refractivity contribution in [3.63, 3.8) is 0 Å². The SMILES string of the molecule is Cc1c(C(=O)Nc2cc([N+](=O)[O-])ccc2Br)sc2ncn(C)c(=O)c12. The second-order valence-electron chi connectivity index (χ2n) is 5.27. The summed E-state index contributed by atoms with van der Waals surface area (Å²) in [6.07, 6.45) is 1.40. The average Bonchev–Trinajstić information content (AvgIpc) is 2.90. The van der Waals surface area contributed by atoms with Gasteiger partial charge in [-0.15, -0.1) is 11.3 Å². The minimum absolute atomic E-state index is 0.137. The topological polar surface area (TPSA) is 107 Å². The second kappa shape index (κ2) is 6.37. The summed E-state index contributed by atoms with van der Waals surface area (Å²) >= 11 is 4.36. The fourth-order valence-electron chi connectivity index (χ4n) is 2.33. The summed E-state index contributed by atoms with van der Waals surface area (Å²) in [5.41, 5.74) is 0.445. The van der Waals surface area contributed by atoms with Crippen molar-refractivity contribution in [2.75, 3.05) is 5.32 Å². The quantitative estimate of drug-likeness (QED) is 0.514. The zero-order chi connectivity index (χ0) is 18.3. The molecule has 0 radical (unpaired) electrons. The number of nitro groups is 1. The standard InChI is InChI=1S/C15H11BrN4O4S/c1-7-11-14(17-6-19(2)15(11)22)25-12(7)13(21)18-10-5-8(20(23)24)3-4-9(10)16/h3-6H,1-2H3,(H,18,21). The van der Waals surface area contributed by atoms with E-state index in [0.717, 1.165) is 11.3 Å². The molecule has 8 nitrogen and oxygen atoms in total. The number of carbonyl (C=O) groups is 1. The number of aryl methyl sites for hydroxylation is 2. The fraction of sp³-hybridized carbons (Fsp3) is 0.133. The van der Waals surface area contributed by atoms with Crippen molar-refractivity contribution in [2.45, 2.75) is 6.92 Å². The minimum Gasteiger partial charge on any atom is -0.320 e.